The highest BCUT2D eigenvalue weighted by molar-refractivity contribution is 7.47. The molecule has 2 bridgehead atoms. The van der Waals surface area contributed by atoms with Crippen LogP contribution in [0, 0.1) is 11.8 Å². The van der Waals surface area contributed by atoms with E-state index < -0.39 is 83.1 Å². The summed E-state index contributed by atoms with van der Waals surface area (Å²) in [6.07, 6.45) is -0.825. The first-order valence-corrected chi connectivity index (χ1v) is 16.5. The molecule has 3 aliphatic heterocycles. The predicted octanol–water partition coefficient (Wildman–Crippen LogP) is 1.23. The van der Waals surface area contributed by atoms with Crippen molar-refractivity contribution in [2.45, 2.75) is 50.7 Å². The van der Waals surface area contributed by atoms with Crippen LogP contribution in [0.1, 0.15) is 26.3 Å². The number of hydrogen-bond donors (Lipinski definition) is 4. The van der Waals surface area contributed by atoms with Gasteiger partial charge in [0.05, 0.1) is 37.5 Å². The van der Waals surface area contributed by atoms with Gasteiger partial charge >= 0.3 is 15.6 Å². The van der Waals surface area contributed by atoms with Crippen molar-refractivity contribution in [2.24, 2.45) is 11.8 Å². The van der Waals surface area contributed by atoms with Gasteiger partial charge in [-0.3, -0.25) is 27.5 Å². The molecule has 7 rings (SSSR count). The smallest absolute Gasteiger partial charge is 0.382 e. The standard InChI is InChI=1S/C23H28N8O11P2/c1-10-13-5-37-43(33,34)41-17-11(2)22(31-9-29-16-19(24)26-7-27-20(16)31)40-14(17)6-38-44(35,36)42-18(10)23(39-13)30-8-28-15-12(30)3-4-25-21(15)32/h3-4,7-11,13-14,17-18,22-23H,5-6H2,1-2H3,(H,25,32)(H,33,34)(H,35,36)(H2,24,26,27)/t10-,11-,13-,14-,17+,18-,22-,23-/m1/s1. The monoisotopic (exact) mass is 654 g/mol. The van der Waals surface area contributed by atoms with E-state index in [-0.39, 0.29) is 11.3 Å². The van der Waals surface area contributed by atoms with Crippen molar-refractivity contribution < 1.29 is 46.5 Å². The van der Waals surface area contributed by atoms with Gasteiger partial charge in [0.25, 0.3) is 5.56 Å². The van der Waals surface area contributed by atoms with Gasteiger partial charge in [-0.25, -0.2) is 29.1 Å². The lowest BCUT2D eigenvalue weighted by molar-refractivity contribution is -0.0667. The molecule has 0 saturated carbocycles. The number of H-pyrrole nitrogens is 1. The van der Waals surface area contributed by atoms with Crippen molar-refractivity contribution in [1.82, 2.24) is 34.1 Å². The highest BCUT2D eigenvalue weighted by Gasteiger charge is 2.52. The van der Waals surface area contributed by atoms with E-state index in [1.807, 2.05) is 0 Å². The molecular formula is C23H28N8O11P2. The fourth-order valence-electron chi connectivity index (χ4n) is 5.85. The van der Waals surface area contributed by atoms with Crippen LogP contribution in [0.4, 0.5) is 5.82 Å². The van der Waals surface area contributed by atoms with Gasteiger partial charge in [-0.05, 0) is 6.07 Å². The highest BCUT2D eigenvalue weighted by Crippen LogP contribution is 2.55. The van der Waals surface area contributed by atoms with Crippen LogP contribution >= 0.6 is 15.6 Å². The first-order chi connectivity index (χ1) is 20.9. The zero-order valence-corrected chi connectivity index (χ0v) is 24.9. The molecule has 3 saturated heterocycles. The lowest BCUT2D eigenvalue weighted by Crippen LogP contribution is -2.32. The second-order valence-corrected chi connectivity index (χ2v) is 13.6. The van der Waals surface area contributed by atoms with Crippen LogP contribution in [0.2, 0.25) is 0 Å². The maximum absolute atomic E-state index is 13.3. The Balaban J connectivity index is 1.20. The zero-order valence-electron chi connectivity index (χ0n) is 23.1. The predicted molar refractivity (Wildman–Crippen MR) is 148 cm³/mol. The summed E-state index contributed by atoms with van der Waals surface area (Å²) in [5, 5.41) is 0. The molecule has 44 heavy (non-hydrogen) atoms. The van der Waals surface area contributed by atoms with Crippen molar-refractivity contribution in [3.63, 3.8) is 0 Å². The molecule has 2 unspecified atom stereocenters. The molecule has 0 aliphatic carbocycles. The van der Waals surface area contributed by atoms with Crippen LogP contribution in [0.25, 0.3) is 22.2 Å². The summed E-state index contributed by atoms with van der Waals surface area (Å²) in [5.74, 6) is -1.15. The summed E-state index contributed by atoms with van der Waals surface area (Å²) in [4.78, 5) is 52.9. The fourth-order valence-corrected chi connectivity index (χ4v) is 7.88. The Labute approximate surface area is 247 Å². The third-order valence-electron chi connectivity index (χ3n) is 8.10. The van der Waals surface area contributed by atoms with Crippen LogP contribution in [0.3, 0.4) is 0 Å². The van der Waals surface area contributed by atoms with Gasteiger partial charge in [0.15, 0.2) is 23.2 Å². The second-order valence-electron chi connectivity index (χ2n) is 10.8. The summed E-state index contributed by atoms with van der Waals surface area (Å²) >= 11 is 0. The van der Waals surface area contributed by atoms with Gasteiger partial charge in [0, 0.05) is 18.0 Å². The number of ether oxygens (including phenoxy) is 2. The summed E-state index contributed by atoms with van der Waals surface area (Å²) in [7, 11) is -9.58. The Morgan fingerprint density at radius 2 is 1.55 bits per heavy atom. The number of nitrogens with two attached hydrogens (primary N) is 1. The lowest BCUT2D eigenvalue weighted by atomic mass is 10.0. The third-order valence-corrected chi connectivity index (χ3v) is 10.1. The topological polar surface area (TPSA) is 250 Å². The van der Waals surface area contributed by atoms with Gasteiger partial charge in [-0.2, -0.15) is 0 Å². The summed E-state index contributed by atoms with van der Waals surface area (Å²) < 4.78 is 63.9. The third kappa shape index (κ3) is 5.08. The fraction of sp³-hybridized carbons (Fsp3) is 0.522. The number of imidazole rings is 2. The average Bonchev–Trinajstić information content (AvgIpc) is 3.73. The van der Waals surface area contributed by atoms with Gasteiger partial charge < -0.3 is 34.5 Å². The van der Waals surface area contributed by atoms with Gasteiger partial charge in [-0.1, -0.05) is 13.8 Å². The van der Waals surface area contributed by atoms with Crippen LogP contribution in [0.15, 0.2) is 36.0 Å². The molecule has 5 N–H and O–H groups in total. The highest BCUT2D eigenvalue weighted by atomic mass is 31.2. The quantitative estimate of drug-likeness (QED) is 0.222. The Kier molecular flexibility index (Phi) is 7.25. The van der Waals surface area contributed by atoms with E-state index in [4.69, 9.17) is 33.3 Å². The maximum atomic E-state index is 13.3. The molecular weight excluding hydrogens is 626 g/mol. The summed E-state index contributed by atoms with van der Waals surface area (Å²) in [6.45, 7) is 2.34. The van der Waals surface area contributed by atoms with Crippen LogP contribution in [-0.2, 0) is 36.7 Å². The first kappa shape index (κ1) is 29.6. The van der Waals surface area contributed by atoms with Crippen molar-refractivity contribution in [2.75, 3.05) is 18.9 Å². The second kappa shape index (κ2) is 10.8. The normalized spacial score (nSPS) is 38.3. The summed E-state index contributed by atoms with van der Waals surface area (Å²) in [5.41, 5.74) is 6.61. The van der Waals surface area contributed by atoms with Crippen molar-refractivity contribution in [3.8, 4) is 0 Å². The molecule has 0 radical (unpaired) electrons. The largest absolute Gasteiger partial charge is 0.472 e. The molecule has 10 atom stereocenters. The lowest BCUT2D eigenvalue weighted by Gasteiger charge is -2.26. The molecule has 0 amide bonds. The number of aromatic amines is 1. The number of nitrogens with zero attached hydrogens (tertiary/aromatic N) is 6. The molecule has 3 aliphatic rings. The molecule has 3 fully saturated rings. The van der Waals surface area contributed by atoms with E-state index in [0.717, 1.165) is 0 Å². The Morgan fingerprint density at radius 1 is 0.886 bits per heavy atom. The summed E-state index contributed by atoms with van der Waals surface area (Å²) in [6, 6.07) is 1.58. The molecule has 4 aromatic rings. The Hall–Kier alpha value is -3.09. The molecule has 4 aromatic heterocycles. The number of pyridine rings is 1. The minimum atomic E-state index is -4.82. The van der Waals surface area contributed by atoms with E-state index in [0.29, 0.717) is 16.7 Å². The van der Waals surface area contributed by atoms with Gasteiger partial charge in [-0.15, -0.1) is 0 Å². The number of fused-ring (bicyclic) bond motifs is 5. The number of rotatable bonds is 2. The van der Waals surface area contributed by atoms with Gasteiger partial charge in [0.1, 0.15) is 36.4 Å². The van der Waals surface area contributed by atoms with Crippen molar-refractivity contribution in [1.29, 1.82) is 0 Å². The number of nitrogens with one attached hydrogen (secondary N) is 1. The number of nitrogen functional groups attached to an aromatic ring is 1. The number of aromatic nitrogens is 7. The molecule has 0 spiro atoms. The van der Waals surface area contributed by atoms with Gasteiger partial charge in [0.2, 0.25) is 0 Å². The van der Waals surface area contributed by atoms with Crippen LogP contribution in [0.5, 0.6) is 0 Å². The SMILES string of the molecule is C[C@@H]1[C@@H]2OP(=O)(O)OC[C@H]3O[C@@H](n4cnc5c(=O)[nH]ccc54)[C@H](OP(=O)(O)OC[C@H]2O[C@H]1n1cnc2c(N)ncnc21)[C@@H]3C. The van der Waals surface area contributed by atoms with Crippen LogP contribution in [-0.4, -0.2) is 81.5 Å². The molecule has 19 nitrogen and oxygen atoms in total. The first-order valence-electron chi connectivity index (χ1n) is 13.5. The van der Waals surface area contributed by atoms with E-state index in [9.17, 15) is 23.7 Å². The molecule has 0 aromatic carbocycles. The van der Waals surface area contributed by atoms with Crippen LogP contribution < -0.4 is 11.3 Å². The van der Waals surface area contributed by atoms with E-state index in [1.54, 1.807) is 24.5 Å². The average molecular weight is 654 g/mol. The van der Waals surface area contributed by atoms with E-state index >= 15 is 0 Å². The van der Waals surface area contributed by atoms with Crippen molar-refractivity contribution >= 4 is 43.7 Å². The number of phosphoric acid groups is 2. The molecule has 21 heteroatoms. The zero-order chi connectivity index (χ0) is 31.0. The molecule has 7 heterocycles. The minimum absolute atomic E-state index is 0.112. The Bertz CT molecular complexity index is 1880. The minimum Gasteiger partial charge on any atom is -0.382 e. The maximum Gasteiger partial charge on any atom is 0.472 e. The molecule has 236 valence electrons. The van der Waals surface area contributed by atoms with E-state index in [2.05, 4.69) is 24.9 Å². The Morgan fingerprint density at radius 3 is 2.32 bits per heavy atom. The van der Waals surface area contributed by atoms with E-state index in [1.165, 1.54) is 29.7 Å². The number of hydrogen-bond acceptors (Lipinski definition) is 14. The van der Waals surface area contributed by atoms with Crippen molar-refractivity contribution in [3.05, 3.63) is 41.6 Å². The number of phosphoric ester groups is 2. The number of anilines is 1.